The van der Waals surface area contributed by atoms with E-state index in [1.165, 1.54) is 41.9 Å². The third-order valence-corrected chi connectivity index (χ3v) is 3.85. The highest BCUT2D eigenvalue weighted by Gasteiger charge is 2.13. The van der Waals surface area contributed by atoms with Gasteiger partial charge in [0.15, 0.2) is 0 Å². The standard InChI is InChI=1S/C12H10N2S.C3H8.C2H6/c13-7-10-6-9-5-8-3-1-2-4-11(8)14-12(9)15-10;1-3-2;1-2/h5-6H,1-4H2;3H2,1-2H3;1-2H3. The van der Waals surface area contributed by atoms with Crippen LogP contribution < -0.4 is 0 Å². The highest BCUT2D eigenvalue weighted by atomic mass is 32.1. The average molecular weight is 288 g/mol. The fourth-order valence-corrected chi connectivity index (χ4v) is 2.98. The number of rotatable bonds is 0. The Morgan fingerprint density at radius 2 is 1.85 bits per heavy atom. The van der Waals surface area contributed by atoms with Gasteiger partial charge in [0.25, 0.3) is 0 Å². The van der Waals surface area contributed by atoms with Crippen LogP contribution in [0.2, 0.25) is 0 Å². The number of nitriles is 1. The van der Waals surface area contributed by atoms with Crippen LogP contribution in [0.3, 0.4) is 0 Å². The first kappa shape index (κ1) is 16.7. The van der Waals surface area contributed by atoms with E-state index in [-0.39, 0.29) is 0 Å². The van der Waals surface area contributed by atoms with Crippen molar-refractivity contribution in [2.45, 2.75) is 59.8 Å². The molecule has 0 unspecified atom stereocenters. The van der Waals surface area contributed by atoms with Gasteiger partial charge in [0, 0.05) is 11.1 Å². The van der Waals surface area contributed by atoms with E-state index in [1.807, 2.05) is 19.9 Å². The Balaban J connectivity index is 0.000000357. The molecule has 108 valence electrons. The average Bonchev–Trinajstić information content (AvgIpc) is 2.89. The van der Waals surface area contributed by atoms with E-state index >= 15 is 0 Å². The summed E-state index contributed by atoms with van der Waals surface area (Å²) in [5, 5.41) is 9.97. The molecule has 0 aliphatic heterocycles. The fourth-order valence-electron chi connectivity index (χ4n) is 2.15. The number of hydrogen-bond acceptors (Lipinski definition) is 3. The Morgan fingerprint density at radius 1 is 1.20 bits per heavy atom. The zero-order chi connectivity index (χ0) is 15.0. The zero-order valence-corrected chi connectivity index (χ0v) is 13.8. The van der Waals surface area contributed by atoms with Gasteiger partial charge in [-0.3, -0.25) is 0 Å². The number of aromatic nitrogens is 1. The van der Waals surface area contributed by atoms with Crippen LogP contribution in [-0.4, -0.2) is 4.98 Å². The van der Waals surface area contributed by atoms with Crippen LogP contribution in [0.1, 0.15) is 63.1 Å². The molecule has 2 aromatic rings. The molecule has 0 saturated heterocycles. The number of thiophene rings is 1. The van der Waals surface area contributed by atoms with Crippen molar-refractivity contribution < 1.29 is 0 Å². The molecule has 1 aliphatic carbocycles. The van der Waals surface area contributed by atoms with E-state index in [2.05, 4.69) is 31.0 Å². The van der Waals surface area contributed by atoms with E-state index < -0.39 is 0 Å². The quantitative estimate of drug-likeness (QED) is 0.642. The first-order valence-corrected chi connectivity index (χ1v) is 8.42. The van der Waals surface area contributed by atoms with Crippen LogP contribution in [-0.2, 0) is 12.8 Å². The van der Waals surface area contributed by atoms with Crippen LogP contribution in [0.15, 0.2) is 12.1 Å². The number of fused-ring (bicyclic) bond motifs is 2. The SMILES string of the molecule is CC.CCC.N#Cc1cc2cc3c(nc2s1)CCCC3. The fraction of sp³-hybridized carbons (Fsp3) is 0.529. The van der Waals surface area contributed by atoms with Crippen molar-refractivity contribution in [3.63, 3.8) is 0 Å². The van der Waals surface area contributed by atoms with Crippen LogP contribution in [0.5, 0.6) is 0 Å². The number of aryl methyl sites for hydroxylation is 2. The van der Waals surface area contributed by atoms with Crippen LogP contribution in [0, 0.1) is 11.3 Å². The van der Waals surface area contributed by atoms with E-state index in [0.29, 0.717) is 0 Å². The first-order chi connectivity index (χ1) is 9.78. The molecule has 0 fully saturated rings. The van der Waals surface area contributed by atoms with Gasteiger partial charge in [-0.25, -0.2) is 4.98 Å². The zero-order valence-electron chi connectivity index (χ0n) is 13.0. The van der Waals surface area contributed by atoms with E-state index in [4.69, 9.17) is 5.26 Å². The topological polar surface area (TPSA) is 36.7 Å². The third-order valence-electron chi connectivity index (χ3n) is 2.90. The molecule has 0 N–H and O–H groups in total. The van der Waals surface area contributed by atoms with Gasteiger partial charge in [0.05, 0.1) is 0 Å². The van der Waals surface area contributed by atoms with E-state index in [9.17, 15) is 0 Å². The van der Waals surface area contributed by atoms with Crippen molar-refractivity contribution in [2.75, 3.05) is 0 Å². The third kappa shape index (κ3) is 4.05. The largest absolute Gasteiger partial charge is 0.242 e. The van der Waals surface area contributed by atoms with Gasteiger partial charge in [0.1, 0.15) is 15.8 Å². The minimum absolute atomic E-state index is 0.764. The molecular formula is C17H24N2S. The molecule has 0 amide bonds. The lowest BCUT2D eigenvalue weighted by atomic mass is 9.96. The Bertz CT molecular complexity index is 535. The Morgan fingerprint density at radius 3 is 2.50 bits per heavy atom. The van der Waals surface area contributed by atoms with Crippen molar-refractivity contribution in [1.29, 1.82) is 5.26 Å². The molecule has 20 heavy (non-hydrogen) atoms. The molecule has 2 nitrogen and oxygen atoms in total. The molecular weight excluding hydrogens is 264 g/mol. The van der Waals surface area contributed by atoms with Crippen LogP contribution in [0.25, 0.3) is 10.2 Å². The maximum atomic E-state index is 8.84. The van der Waals surface area contributed by atoms with Gasteiger partial charge in [-0.1, -0.05) is 34.1 Å². The molecule has 0 atom stereocenters. The molecule has 0 spiro atoms. The molecule has 0 saturated carbocycles. The Kier molecular flexibility index (Phi) is 7.25. The van der Waals surface area contributed by atoms with Gasteiger partial charge in [-0.2, -0.15) is 5.26 Å². The molecule has 2 aromatic heterocycles. The number of nitrogens with zero attached hydrogens (tertiary/aromatic N) is 2. The summed E-state index contributed by atoms with van der Waals surface area (Å²) in [5.74, 6) is 0. The summed E-state index contributed by atoms with van der Waals surface area (Å²) in [6, 6.07) is 6.35. The van der Waals surface area contributed by atoms with Crippen molar-refractivity contribution >= 4 is 21.6 Å². The summed E-state index contributed by atoms with van der Waals surface area (Å²) in [6.07, 6.45) is 6.03. The summed E-state index contributed by atoms with van der Waals surface area (Å²) < 4.78 is 0. The lowest BCUT2D eigenvalue weighted by Gasteiger charge is -2.13. The van der Waals surface area contributed by atoms with Crippen molar-refractivity contribution in [3.05, 3.63) is 28.3 Å². The normalized spacial score (nSPS) is 12.3. The van der Waals surface area contributed by atoms with Gasteiger partial charge in [0.2, 0.25) is 0 Å². The van der Waals surface area contributed by atoms with Crippen molar-refractivity contribution in [2.24, 2.45) is 0 Å². The van der Waals surface area contributed by atoms with Crippen LogP contribution >= 0.6 is 11.3 Å². The summed E-state index contributed by atoms with van der Waals surface area (Å²) in [4.78, 5) is 6.44. The molecule has 0 radical (unpaired) electrons. The van der Waals surface area contributed by atoms with Gasteiger partial charge >= 0.3 is 0 Å². The summed E-state index contributed by atoms with van der Waals surface area (Å²) in [7, 11) is 0. The summed E-state index contributed by atoms with van der Waals surface area (Å²) in [5.41, 5.74) is 2.64. The predicted molar refractivity (Wildman–Crippen MR) is 88.3 cm³/mol. The number of hydrogen-bond donors (Lipinski definition) is 0. The van der Waals surface area contributed by atoms with Crippen molar-refractivity contribution in [1.82, 2.24) is 4.98 Å². The highest BCUT2D eigenvalue weighted by Crippen LogP contribution is 2.28. The lowest BCUT2D eigenvalue weighted by Crippen LogP contribution is -2.04. The van der Waals surface area contributed by atoms with Gasteiger partial charge in [-0.05, 0) is 43.4 Å². The molecule has 0 bridgehead atoms. The second-order valence-corrected chi connectivity index (χ2v) is 5.66. The molecule has 3 rings (SSSR count). The first-order valence-electron chi connectivity index (χ1n) is 7.61. The molecule has 1 aliphatic rings. The van der Waals surface area contributed by atoms with Crippen LogP contribution in [0.4, 0.5) is 0 Å². The minimum Gasteiger partial charge on any atom is -0.242 e. The number of pyridine rings is 1. The maximum absolute atomic E-state index is 8.84. The minimum atomic E-state index is 0.764. The van der Waals surface area contributed by atoms with E-state index in [1.54, 1.807) is 0 Å². The molecule has 2 heterocycles. The van der Waals surface area contributed by atoms with Crippen molar-refractivity contribution in [3.8, 4) is 6.07 Å². The monoisotopic (exact) mass is 288 g/mol. The second kappa shape index (κ2) is 8.71. The smallest absolute Gasteiger partial charge is 0.124 e. The Hall–Kier alpha value is -1.40. The highest BCUT2D eigenvalue weighted by molar-refractivity contribution is 7.19. The molecule has 3 heteroatoms. The van der Waals surface area contributed by atoms with Gasteiger partial charge < -0.3 is 0 Å². The second-order valence-electron chi connectivity index (χ2n) is 4.63. The summed E-state index contributed by atoms with van der Waals surface area (Å²) >= 11 is 1.50. The van der Waals surface area contributed by atoms with Gasteiger partial charge in [-0.15, -0.1) is 11.3 Å². The Labute approximate surface area is 126 Å². The lowest BCUT2D eigenvalue weighted by molar-refractivity contribution is 0.671. The predicted octanol–water partition coefficient (Wildman–Crippen LogP) is 5.49. The molecule has 0 aromatic carbocycles. The summed E-state index contributed by atoms with van der Waals surface area (Å²) in [6.45, 7) is 8.25. The maximum Gasteiger partial charge on any atom is 0.124 e. The van der Waals surface area contributed by atoms with E-state index in [0.717, 1.165) is 27.9 Å².